The molecule has 0 amide bonds. The van der Waals surface area contributed by atoms with E-state index in [0.29, 0.717) is 16.1 Å². The van der Waals surface area contributed by atoms with Crippen molar-refractivity contribution in [1.82, 2.24) is 14.8 Å². The first-order valence-corrected chi connectivity index (χ1v) is 9.42. The summed E-state index contributed by atoms with van der Waals surface area (Å²) in [5, 5.41) is 18.6. The predicted molar refractivity (Wildman–Crippen MR) is 95.1 cm³/mol. The molecule has 0 radical (unpaired) electrons. The highest BCUT2D eigenvalue weighted by atomic mass is 35.5. The highest BCUT2D eigenvalue weighted by molar-refractivity contribution is 8.00. The Morgan fingerprint density at radius 1 is 1.33 bits per heavy atom. The van der Waals surface area contributed by atoms with Crippen molar-refractivity contribution in [2.45, 2.75) is 55.4 Å². The van der Waals surface area contributed by atoms with Crippen molar-refractivity contribution in [3.8, 4) is 5.69 Å². The average Bonchev–Trinajstić information content (AvgIpc) is 2.99. The Labute approximate surface area is 150 Å². The second-order valence-electron chi connectivity index (χ2n) is 6.09. The molecule has 1 aromatic heterocycles. The van der Waals surface area contributed by atoms with Crippen LogP contribution in [0.1, 0.15) is 50.8 Å². The van der Waals surface area contributed by atoms with Gasteiger partial charge in [-0.15, -0.1) is 10.2 Å². The van der Waals surface area contributed by atoms with Crippen LogP contribution in [0.2, 0.25) is 5.02 Å². The normalized spacial score (nSPS) is 16.9. The average molecular weight is 366 g/mol. The van der Waals surface area contributed by atoms with E-state index in [-0.39, 0.29) is 0 Å². The number of rotatable bonds is 5. The zero-order valence-corrected chi connectivity index (χ0v) is 15.1. The number of hydrogen-bond donors (Lipinski definition) is 1. The third-order valence-electron chi connectivity index (χ3n) is 4.33. The number of thioether (sulfide) groups is 1. The molecule has 1 aliphatic rings. The number of aromatic nitrogens is 3. The van der Waals surface area contributed by atoms with Crippen LogP contribution in [-0.4, -0.2) is 31.1 Å². The molecule has 2 aromatic rings. The number of carbonyl (C=O) groups is 1. The van der Waals surface area contributed by atoms with Crippen LogP contribution >= 0.6 is 23.4 Å². The molecule has 24 heavy (non-hydrogen) atoms. The Morgan fingerprint density at radius 2 is 2.08 bits per heavy atom. The summed E-state index contributed by atoms with van der Waals surface area (Å²) in [7, 11) is 0. The maximum absolute atomic E-state index is 11.2. The van der Waals surface area contributed by atoms with Crippen molar-refractivity contribution in [2.24, 2.45) is 0 Å². The van der Waals surface area contributed by atoms with Crippen LogP contribution in [0, 0.1) is 0 Å². The minimum absolute atomic E-state index is 0.361. The summed E-state index contributed by atoms with van der Waals surface area (Å²) in [6, 6.07) is 7.53. The molecular formula is C17H20ClN3O2S. The van der Waals surface area contributed by atoms with Gasteiger partial charge < -0.3 is 5.11 Å². The number of aliphatic carboxylic acids is 1. The lowest BCUT2D eigenvalue weighted by atomic mass is 9.88. The summed E-state index contributed by atoms with van der Waals surface area (Å²) in [5.41, 5.74) is 0.883. The topological polar surface area (TPSA) is 68.0 Å². The van der Waals surface area contributed by atoms with Gasteiger partial charge in [0.2, 0.25) is 0 Å². The van der Waals surface area contributed by atoms with E-state index in [1.54, 1.807) is 6.92 Å². The Hall–Kier alpha value is -1.53. The number of carboxylic acids is 1. The maximum Gasteiger partial charge on any atom is 0.316 e. The van der Waals surface area contributed by atoms with Crippen LogP contribution in [0.3, 0.4) is 0 Å². The molecule has 1 atom stereocenters. The number of halogens is 1. The van der Waals surface area contributed by atoms with Crippen molar-refractivity contribution in [3.63, 3.8) is 0 Å². The fourth-order valence-corrected chi connectivity index (χ4v) is 4.04. The van der Waals surface area contributed by atoms with Crippen molar-refractivity contribution in [2.75, 3.05) is 0 Å². The SMILES string of the molecule is C[C@H](Sc1nnc(C2CCCCC2)n1-c1cccc(Cl)c1)C(=O)O. The smallest absolute Gasteiger partial charge is 0.316 e. The molecule has 3 rings (SSSR count). The van der Waals surface area contributed by atoms with Gasteiger partial charge in [0, 0.05) is 10.9 Å². The molecule has 1 heterocycles. The third-order valence-corrected chi connectivity index (χ3v) is 5.59. The Morgan fingerprint density at radius 3 is 2.75 bits per heavy atom. The molecule has 0 unspecified atom stereocenters. The van der Waals surface area contributed by atoms with Crippen LogP contribution in [-0.2, 0) is 4.79 Å². The van der Waals surface area contributed by atoms with Gasteiger partial charge >= 0.3 is 5.97 Å². The van der Waals surface area contributed by atoms with Gasteiger partial charge in [0.15, 0.2) is 5.16 Å². The van der Waals surface area contributed by atoms with Crippen LogP contribution < -0.4 is 0 Å². The Balaban J connectivity index is 2.02. The highest BCUT2D eigenvalue weighted by Gasteiger charge is 2.26. The van der Waals surface area contributed by atoms with Gasteiger partial charge in [0.05, 0.1) is 5.69 Å². The number of benzene rings is 1. The van der Waals surface area contributed by atoms with Gasteiger partial charge in [-0.1, -0.05) is 48.7 Å². The number of hydrogen-bond acceptors (Lipinski definition) is 4. The van der Waals surface area contributed by atoms with E-state index in [2.05, 4.69) is 10.2 Å². The minimum Gasteiger partial charge on any atom is -0.480 e. The fraction of sp³-hybridized carbons (Fsp3) is 0.471. The van der Waals surface area contributed by atoms with E-state index in [1.807, 2.05) is 28.8 Å². The summed E-state index contributed by atoms with van der Waals surface area (Å²) in [6.45, 7) is 1.66. The number of carboxylic acid groups (broad SMARTS) is 1. The van der Waals surface area contributed by atoms with Gasteiger partial charge in [0.25, 0.3) is 0 Å². The van der Waals surface area contributed by atoms with E-state index in [4.69, 9.17) is 11.6 Å². The Kier molecular flexibility index (Phi) is 5.46. The molecule has 1 aliphatic carbocycles. The van der Waals surface area contributed by atoms with Crippen LogP contribution in [0.25, 0.3) is 5.69 Å². The molecule has 1 fully saturated rings. The molecule has 1 N–H and O–H groups in total. The van der Waals surface area contributed by atoms with Gasteiger partial charge in [0.1, 0.15) is 11.1 Å². The molecule has 128 valence electrons. The molecule has 0 aliphatic heterocycles. The van der Waals surface area contributed by atoms with E-state index >= 15 is 0 Å². The van der Waals surface area contributed by atoms with Gasteiger partial charge in [-0.25, -0.2) is 0 Å². The first kappa shape index (κ1) is 17.3. The standard InChI is InChI=1S/C17H20ClN3O2S/c1-11(16(22)23)24-17-20-19-15(12-6-3-2-4-7-12)21(17)14-9-5-8-13(18)10-14/h5,8-12H,2-4,6-7H2,1H3,(H,22,23)/t11-/m0/s1. The quantitative estimate of drug-likeness (QED) is 0.788. The number of nitrogens with zero attached hydrogens (tertiary/aromatic N) is 3. The van der Waals surface area contributed by atoms with E-state index < -0.39 is 11.2 Å². The van der Waals surface area contributed by atoms with E-state index in [1.165, 1.54) is 31.0 Å². The summed E-state index contributed by atoms with van der Waals surface area (Å²) >= 11 is 7.36. The van der Waals surface area contributed by atoms with Crippen LogP contribution in [0.5, 0.6) is 0 Å². The molecule has 0 saturated heterocycles. The third kappa shape index (κ3) is 3.75. The van der Waals surface area contributed by atoms with Crippen molar-refractivity contribution >= 4 is 29.3 Å². The molecule has 7 heteroatoms. The zero-order valence-electron chi connectivity index (χ0n) is 13.5. The summed E-state index contributed by atoms with van der Waals surface area (Å²) in [6.07, 6.45) is 5.84. The summed E-state index contributed by atoms with van der Waals surface area (Å²) in [5.74, 6) is 0.414. The lowest BCUT2D eigenvalue weighted by molar-refractivity contribution is -0.136. The van der Waals surface area contributed by atoms with E-state index in [0.717, 1.165) is 24.4 Å². The highest BCUT2D eigenvalue weighted by Crippen LogP contribution is 2.36. The molecule has 0 spiro atoms. The summed E-state index contributed by atoms with van der Waals surface area (Å²) in [4.78, 5) is 11.2. The molecule has 1 aromatic carbocycles. The fourth-order valence-electron chi connectivity index (χ4n) is 3.05. The van der Waals surface area contributed by atoms with Crippen molar-refractivity contribution in [3.05, 3.63) is 35.1 Å². The minimum atomic E-state index is -0.861. The first-order valence-electron chi connectivity index (χ1n) is 8.17. The molecule has 0 bridgehead atoms. The predicted octanol–water partition coefficient (Wildman–Crippen LogP) is 4.53. The Bertz CT molecular complexity index is 728. The van der Waals surface area contributed by atoms with Crippen LogP contribution in [0.4, 0.5) is 0 Å². The second-order valence-corrected chi connectivity index (χ2v) is 7.83. The monoisotopic (exact) mass is 365 g/mol. The second kappa shape index (κ2) is 7.57. The summed E-state index contributed by atoms with van der Waals surface area (Å²) < 4.78 is 1.98. The largest absolute Gasteiger partial charge is 0.480 e. The first-order chi connectivity index (χ1) is 11.6. The van der Waals surface area contributed by atoms with Gasteiger partial charge in [-0.3, -0.25) is 9.36 Å². The van der Waals surface area contributed by atoms with Crippen LogP contribution in [0.15, 0.2) is 29.4 Å². The van der Waals surface area contributed by atoms with Crippen molar-refractivity contribution in [1.29, 1.82) is 0 Å². The molecule has 1 saturated carbocycles. The van der Waals surface area contributed by atoms with Gasteiger partial charge in [-0.2, -0.15) is 0 Å². The lowest BCUT2D eigenvalue weighted by Gasteiger charge is -2.22. The van der Waals surface area contributed by atoms with Crippen molar-refractivity contribution < 1.29 is 9.90 Å². The lowest BCUT2D eigenvalue weighted by Crippen LogP contribution is -2.14. The van der Waals surface area contributed by atoms with Gasteiger partial charge in [-0.05, 0) is 38.0 Å². The zero-order chi connectivity index (χ0) is 17.1. The molecule has 5 nitrogen and oxygen atoms in total. The maximum atomic E-state index is 11.2. The molecular weight excluding hydrogens is 346 g/mol. The van der Waals surface area contributed by atoms with E-state index in [9.17, 15) is 9.90 Å².